The summed E-state index contributed by atoms with van der Waals surface area (Å²) in [5.74, 6) is -0.930. The smallest absolute Gasteiger partial charge is 0.306 e. The maximum Gasteiger partial charge on any atom is 0.306 e. The summed E-state index contributed by atoms with van der Waals surface area (Å²) in [5, 5.41) is 0. The summed E-state index contributed by atoms with van der Waals surface area (Å²) in [6.07, 6.45) is 68.9. The number of carbonyl (C=O) groups is 3. The second-order valence-corrected chi connectivity index (χ2v) is 18.6. The number of rotatable bonds is 50. The molecular formula is C60H104O6. The Morgan fingerprint density at radius 1 is 0.333 bits per heavy atom. The quantitative estimate of drug-likeness (QED) is 0.0199. The summed E-state index contributed by atoms with van der Waals surface area (Å²) < 4.78 is 16.8. The molecule has 6 heteroatoms. The van der Waals surface area contributed by atoms with Gasteiger partial charge in [0.1, 0.15) is 13.2 Å². The number of esters is 3. The van der Waals surface area contributed by atoms with Gasteiger partial charge in [-0.05, 0) is 70.6 Å². The molecule has 0 aliphatic carbocycles. The minimum Gasteiger partial charge on any atom is -0.462 e. The van der Waals surface area contributed by atoms with Gasteiger partial charge in [0, 0.05) is 19.3 Å². The zero-order valence-electron chi connectivity index (χ0n) is 43.4. The summed E-state index contributed by atoms with van der Waals surface area (Å²) >= 11 is 0. The first-order chi connectivity index (χ1) is 32.5. The van der Waals surface area contributed by atoms with E-state index in [9.17, 15) is 14.4 Å². The molecule has 1 unspecified atom stereocenters. The number of hydrogen-bond donors (Lipinski definition) is 0. The van der Waals surface area contributed by atoms with Crippen molar-refractivity contribution in [2.45, 2.75) is 277 Å². The van der Waals surface area contributed by atoms with Gasteiger partial charge in [-0.2, -0.15) is 0 Å². The molecule has 6 nitrogen and oxygen atoms in total. The Hall–Kier alpha value is -3.15. The predicted molar refractivity (Wildman–Crippen MR) is 284 cm³/mol. The van der Waals surface area contributed by atoms with Crippen molar-refractivity contribution in [1.82, 2.24) is 0 Å². The second-order valence-electron chi connectivity index (χ2n) is 18.6. The molecule has 0 radical (unpaired) electrons. The highest BCUT2D eigenvalue weighted by atomic mass is 16.6. The monoisotopic (exact) mass is 921 g/mol. The topological polar surface area (TPSA) is 78.9 Å². The van der Waals surface area contributed by atoms with E-state index in [0.717, 1.165) is 83.5 Å². The molecule has 0 N–H and O–H groups in total. The van der Waals surface area contributed by atoms with E-state index in [-0.39, 0.29) is 31.1 Å². The maximum absolute atomic E-state index is 12.8. The summed E-state index contributed by atoms with van der Waals surface area (Å²) in [6, 6.07) is 0. The average molecular weight is 921 g/mol. The molecule has 0 aliphatic heterocycles. The lowest BCUT2D eigenvalue weighted by molar-refractivity contribution is -0.167. The van der Waals surface area contributed by atoms with Crippen molar-refractivity contribution >= 4 is 17.9 Å². The maximum atomic E-state index is 12.8. The molecule has 0 amide bonds. The summed E-state index contributed by atoms with van der Waals surface area (Å²) in [5.41, 5.74) is 0. The van der Waals surface area contributed by atoms with Crippen molar-refractivity contribution in [2.24, 2.45) is 0 Å². The normalized spacial score (nSPS) is 12.6. The summed E-state index contributed by atoms with van der Waals surface area (Å²) in [4.78, 5) is 38.1. The molecule has 0 spiro atoms. The van der Waals surface area contributed by atoms with Crippen LogP contribution in [0.15, 0.2) is 72.9 Å². The average Bonchev–Trinajstić information content (AvgIpc) is 3.31. The molecule has 0 bridgehead atoms. The highest BCUT2D eigenvalue weighted by molar-refractivity contribution is 5.71. The highest BCUT2D eigenvalue weighted by Crippen LogP contribution is 2.16. The van der Waals surface area contributed by atoms with Crippen LogP contribution in [0, 0.1) is 0 Å². The Bertz CT molecular complexity index is 1240. The zero-order chi connectivity index (χ0) is 47.9. The van der Waals surface area contributed by atoms with Crippen LogP contribution in [0.1, 0.15) is 271 Å². The van der Waals surface area contributed by atoms with Crippen molar-refractivity contribution < 1.29 is 28.6 Å². The molecule has 0 aliphatic rings. The lowest BCUT2D eigenvalue weighted by Gasteiger charge is -2.18. The fourth-order valence-electron chi connectivity index (χ4n) is 7.84. The van der Waals surface area contributed by atoms with Gasteiger partial charge in [-0.1, -0.05) is 254 Å². The Kier molecular flexibility index (Phi) is 51.9. The van der Waals surface area contributed by atoms with Crippen molar-refractivity contribution in [2.75, 3.05) is 13.2 Å². The fraction of sp³-hybridized carbons (Fsp3) is 0.750. The molecule has 66 heavy (non-hydrogen) atoms. The van der Waals surface area contributed by atoms with Crippen LogP contribution in [0.5, 0.6) is 0 Å². The highest BCUT2D eigenvalue weighted by Gasteiger charge is 2.19. The van der Waals surface area contributed by atoms with Gasteiger partial charge < -0.3 is 14.2 Å². The molecule has 0 aromatic rings. The third kappa shape index (κ3) is 51.8. The van der Waals surface area contributed by atoms with Gasteiger partial charge in [0.2, 0.25) is 0 Å². The summed E-state index contributed by atoms with van der Waals surface area (Å²) in [7, 11) is 0. The molecule has 380 valence electrons. The van der Waals surface area contributed by atoms with Crippen LogP contribution in [-0.2, 0) is 28.6 Å². The van der Waals surface area contributed by atoms with E-state index in [1.54, 1.807) is 0 Å². The van der Waals surface area contributed by atoms with Crippen LogP contribution < -0.4 is 0 Å². The van der Waals surface area contributed by atoms with Crippen molar-refractivity contribution in [3.63, 3.8) is 0 Å². The van der Waals surface area contributed by atoms with Crippen LogP contribution in [0.4, 0.5) is 0 Å². The van der Waals surface area contributed by atoms with E-state index < -0.39 is 6.10 Å². The number of allylic oxidation sites excluding steroid dienone is 12. The number of carbonyl (C=O) groups excluding carboxylic acids is 3. The third-order valence-electron chi connectivity index (χ3n) is 12.0. The Morgan fingerprint density at radius 2 is 0.652 bits per heavy atom. The number of unbranched alkanes of at least 4 members (excludes halogenated alkanes) is 30. The molecule has 0 rings (SSSR count). The first-order valence-corrected chi connectivity index (χ1v) is 28.0. The van der Waals surface area contributed by atoms with Gasteiger partial charge in [0.05, 0.1) is 0 Å². The predicted octanol–water partition coefficient (Wildman–Crippen LogP) is 18.6. The molecule has 1 atom stereocenters. The number of ether oxygens (including phenoxy) is 3. The minimum atomic E-state index is -0.794. The lowest BCUT2D eigenvalue weighted by atomic mass is 10.0. The van der Waals surface area contributed by atoms with Crippen LogP contribution >= 0.6 is 0 Å². The van der Waals surface area contributed by atoms with Gasteiger partial charge in [0.15, 0.2) is 6.10 Å². The molecule has 0 aromatic heterocycles. The molecule has 0 heterocycles. The number of hydrogen-bond acceptors (Lipinski definition) is 6. The second kappa shape index (κ2) is 54.5. The van der Waals surface area contributed by atoms with Gasteiger partial charge in [0.25, 0.3) is 0 Å². The first-order valence-electron chi connectivity index (χ1n) is 28.0. The largest absolute Gasteiger partial charge is 0.462 e. The SMILES string of the molecule is CC\C=C/C=C\C=C/C=C\CCCCCC(=O)OCC(COC(=O)CCCCCCCCCCCCCCCCCCCC)OC(=O)CCCCCCCCC/C=C\C/C=C\CCCCC. The van der Waals surface area contributed by atoms with Gasteiger partial charge >= 0.3 is 17.9 Å². The van der Waals surface area contributed by atoms with E-state index in [4.69, 9.17) is 14.2 Å². The van der Waals surface area contributed by atoms with Crippen LogP contribution in [0.3, 0.4) is 0 Å². The summed E-state index contributed by atoms with van der Waals surface area (Å²) in [6.45, 7) is 6.45. The Morgan fingerprint density at radius 3 is 1.09 bits per heavy atom. The molecule has 0 saturated carbocycles. The molecule has 0 fully saturated rings. The van der Waals surface area contributed by atoms with E-state index >= 15 is 0 Å². The molecular weight excluding hydrogens is 817 g/mol. The molecule has 0 saturated heterocycles. The van der Waals surface area contributed by atoms with E-state index in [0.29, 0.717) is 19.3 Å². The third-order valence-corrected chi connectivity index (χ3v) is 12.0. The minimum absolute atomic E-state index is 0.0894. The fourth-order valence-corrected chi connectivity index (χ4v) is 7.84. The van der Waals surface area contributed by atoms with Gasteiger partial charge in [-0.25, -0.2) is 0 Å². The van der Waals surface area contributed by atoms with Crippen LogP contribution in [0.2, 0.25) is 0 Å². The van der Waals surface area contributed by atoms with Crippen molar-refractivity contribution in [1.29, 1.82) is 0 Å². The van der Waals surface area contributed by atoms with Gasteiger partial charge in [-0.3, -0.25) is 14.4 Å². The standard InChI is InChI=1S/C60H104O6/c1-4-7-10-13-16-19-22-25-27-29-31-32-35-38-41-44-47-50-53-59(62)65-56-57(55-64-58(61)52-49-46-43-40-37-34-24-21-18-15-12-9-6-3)66-60(63)54-51-48-45-42-39-36-33-30-28-26-23-20-17-14-11-8-5-2/h9,12,15,17-18,20-21,24,26,28,34,37,57H,4-8,10-11,13-14,16,19,22-23,25,27,29-33,35-36,38-56H2,1-3H3/b12-9-,18-15-,20-17-,24-21-,28-26-,37-34-. The van der Waals surface area contributed by atoms with Gasteiger partial charge in [-0.15, -0.1) is 0 Å². The van der Waals surface area contributed by atoms with Crippen molar-refractivity contribution in [3.8, 4) is 0 Å². The van der Waals surface area contributed by atoms with E-state index in [2.05, 4.69) is 63.3 Å². The Balaban J connectivity index is 4.40. The van der Waals surface area contributed by atoms with Crippen LogP contribution in [-0.4, -0.2) is 37.2 Å². The van der Waals surface area contributed by atoms with E-state index in [1.807, 2.05) is 30.4 Å². The van der Waals surface area contributed by atoms with Crippen LogP contribution in [0.25, 0.3) is 0 Å². The Labute approximate surface area is 408 Å². The first kappa shape index (κ1) is 62.8. The zero-order valence-corrected chi connectivity index (χ0v) is 43.4. The van der Waals surface area contributed by atoms with E-state index in [1.165, 1.54) is 148 Å². The lowest BCUT2D eigenvalue weighted by Crippen LogP contribution is -2.30. The van der Waals surface area contributed by atoms with Crippen molar-refractivity contribution in [3.05, 3.63) is 72.9 Å². The molecule has 0 aromatic carbocycles.